The number of anilines is 2. The molecule has 0 saturated carbocycles. The van der Waals surface area contributed by atoms with Crippen molar-refractivity contribution >= 4 is 34.0 Å². The lowest BCUT2D eigenvalue weighted by Crippen LogP contribution is -2.12. The highest BCUT2D eigenvalue weighted by Gasteiger charge is 2.26. The molecule has 6 nitrogen and oxygen atoms in total. The van der Waals surface area contributed by atoms with Crippen LogP contribution in [0.5, 0.6) is 0 Å². The first-order chi connectivity index (χ1) is 17.9. The monoisotopic (exact) mass is 567 g/mol. The molecule has 4 aromatic rings. The number of halogens is 5. The summed E-state index contributed by atoms with van der Waals surface area (Å²) in [7, 11) is -2.30. The zero-order valence-corrected chi connectivity index (χ0v) is 22.0. The lowest BCUT2D eigenvalue weighted by atomic mass is 9.98. The molecule has 0 aliphatic carbocycles. The van der Waals surface area contributed by atoms with Gasteiger partial charge in [-0.25, -0.2) is 41.1 Å². The van der Waals surface area contributed by atoms with Crippen LogP contribution >= 0.6 is 11.3 Å². The SMILES string of the molecule is CC(C)(C)c1nc(-c2cccc(NS(=O)c3cc(F)ccc3F)c2F)c(-c2ccnc(NCC(F)F)n2)s1. The summed E-state index contributed by atoms with van der Waals surface area (Å²) in [6.07, 6.45) is -1.22. The quantitative estimate of drug-likeness (QED) is 0.229. The van der Waals surface area contributed by atoms with Gasteiger partial charge in [0.1, 0.15) is 11.6 Å². The fourth-order valence-electron chi connectivity index (χ4n) is 3.30. The van der Waals surface area contributed by atoms with E-state index in [0.717, 1.165) is 18.2 Å². The summed E-state index contributed by atoms with van der Waals surface area (Å²) in [6.45, 7) is 5.15. The number of alkyl halides is 2. The van der Waals surface area contributed by atoms with Gasteiger partial charge in [-0.15, -0.1) is 11.3 Å². The summed E-state index contributed by atoms with van der Waals surface area (Å²) in [5.74, 6) is -2.55. The van der Waals surface area contributed by atoms with Gasteiger partial charge in [0.05, 0.1) is 38.4 Å². The number of hydrogen-bond donors (Lipinski definition) is 2. The highest BCUT2D eigenvalue weighted by Crippen LogP contribution is 2.42. The van der Waals surface area contributed by atoms with Crippen LogP contribution < -0.4 is 10.0 Å². The van der Waals surface area contributed by atoms with E-state index in [4.69, 9.17) is 0 Å². The summed E-state index contributed by atoms with van der Waals surface area (Å²) in [6, 6.07) is 8.31. The number of nitrogens with one attached hydrogen (secondary N) is 2. The van der Waals surface area contributed by atoms with E-state index in [0.29, 0.717) is 15.6 Å². The summed E-state index contributed by atoms with van der Waals surface area (Å²) in [5.41, 5.74) is -0.0355. The van der Waals surface area contributed by atoms with E-state index in [2.05, 4.69) is 25.0 Å². The molecule has 0 amide bonds. The predicted octanol–water partition coefficient (Wildman–Crippen LogP) is 6.79. The topological polar surface area (TPSA) is 79.8 Å². The Morgan fingerprint density at radius 2 is 1.82 bits per heavy atom. The van der Waals surface area contributed by atoms with Crippen molar-refractivity contribution in [1.82, 2.24) is 15.0 Å². The third kappa shape index (κ3) is 6.16. The van der Waals surface area contributed by atoms with E-state index in [1.165, 1.54) is 35.7 Å². The smallest absolute Gasteiger partial charge is 0.255 e. The van der Waals surface area contributed by atoms with Crippen molar-refractivity contribution in [1.29, 1.82) is 0 Å². The Kier molecular flexibility index (Phi) is 8.07. The zero-order chi connectivity index (χ0) is 27.6. The van der Waals surface area contributed by atoms with Crippen LogP contribution in [0, 0.1) is 17.5 Å². The maximum absolute atomic E-state index is 15.8. The molecule has 38 heavy (non-hydrogen) atoms. The third-order valence-electron chi connectivity index (χ3n) is 5.12. The minimum atomic E-state index is -2.61. The van der Waals surface area contributed by atoms with Crippen molar-refractivity contribution in [2.75, 3.05) is 16.6 Å². The highest BCUT2D eigenvalue weighted by atomic mass is 32.2. The Balaban J connectivity index is 1.77. The molecule has 4 rings (SSSR count). The summed E-state index contributed by atoms with van der Waals surface area (Å²) < 4.78 is 83.8. The Labute approximate surface area is 222 Å². The van der Waals surface area contributed by atoms with Gasteiger partial charge in [-0.3, -0.25) is 4.72 Å². The fraction of sp³-hybridized carbons (Fsp3) is 0.240. The lowest BCUT2D eigenvalue weighted by Gasteiger charge is -2.13. The van der Waals surface area contributed by atoms with Crippen LogP contribution in [0.15, 0.2) is 53.6 Å². The molecular weight excluding hydrogens is 545 g/mol. The molecule has 1 atom stereocenters. The van der Waals surface area contributed by atoms with Gasteiger partial charge in [0.15, 0.2) is 16.8 Å². The number of rotatable bonds is 8. The summed E-state index contributed by atoms with van der Waals surface area (Å²) in [5, 5.41) is 3.11. The van der Waals surface area contributed by atoms with Crippen LogP contribution in [0.4, 0.5) is 33.6 Å². The van der Waals surface area contributed by atoms with Crippen molar-refractivity contribution in [3.05, 3.63) is 71.1 Å². The number of benzene rings is 2. The van der Waals surface area contributed by atoms with E-state index >= 15 is 4.39 Å². The van der Waals surface area contributed by atoms with Gasteiger partial charge in [0.2, 0.25) is 5.95 Å². The van der Waals surface area contributed by atoms with Crippen molar-refractivity contribution in [2.45, 2.75) is 37.5 Å². The molecule has 200 valence electrons. The second-order valence-electron chi connectivity index (χ2n) is 9.10. The van der Waals surface area contributed by atoms with Crippen LogP contribution in [0.25, 0.3) is 21.8 Å². The Bertz CT molecular complexity index is 1490. The molecule has 0 radical (unpaired) electrons. The van der Waals surface area contributed by atoms with E-state index < -0.39 is 51.7 Å². The molecule has 0 saturated heterocycles. The second kappa shape index (κ2) is 11.1. The molecule has 2 heterocycles. The predicted molar refractivity (Wildman–Crippen MR) is 138 cm³/mol. The van der Waals surface area contributed by atoms with Crippen LogP contribution in [0.1, 0.15) is 25.8 Å². The van der Waals surface area contributed by atoms with Crippen molar-refractivity contribution in [3.8, 4) is 21.8 Å². The van der Waals surface area contributed by atoms with Crippen LogP contribution in [0.3, 0.4) is 0 Å². The first kappa shape index (κ1) is 27.6. The van der Waals surface area contributed by atoms with Gasteiger partial charge < -0.3 is 5.32 Å². The minimum Gasteiger partial charge on any atom is -0.348 e. The Hall–Kier alpha value is -3.45. The highest BCUT2D eigenvalue weighted by molar-refractivity contribution is 7.86. The molecule has 13 heteroatoms. The molecule has 2 aromatic heterocycles. The molecule has 0 spiro atoms. The molecule has 2 N–H and O–H groups in total. The fourth-order valence-corrected chi connectivity index (χ4v) is 5.34. The molecule has 0 fully saturated rings. The summed E-state index contributed by atoms with van der Waals surface area (Å²) in [4.78, 5) is 12.9. The van der Waals surface area contributed by atoms with E-state index in [1.54, 1.807) is 6.07 Å². The van der Waals surface area contributed by atoms with E-state index in [9.17, 15) is 21.8 Å². The second-order valence-corrected chi connectivity index (χ2v) is 11.3. The van der Waals surface area contributed by atoms with E-state index in [-0.39, 0.29) is 22.9 Å². The minimum absolute atomic E-state index is 0.0251. The zero-order valence-electron chi connectivity index (χ0n) is 20.4. The Morgan fingerprint density at radius 1 is 1.05 bits per heavy atom. The van der Waals surface area contributed by atoms with Crippen molar-refractivity contribution < 1.29 is 26.2 Å². The van der Waals surface area contributed by atoms with Gasteiger partial charge in [-0.2, -0.15) is 0 Å². The molecule has 0 aliphatic heterocycles. The van der Waals surface area contributed by atoms with Gasteiger partial charge in [-0.05, 0) is 36.4 Å². The molecule has 1 unspecified atom stereocenters. The maximum atomic E-state index is 15.8. The molecular formula is C25H22F5N5OS2. The first-order valence-electron chi connectivity index (χ1n) is 11.2. The van der Waals surface area contributed by atoms with Crippen molar-refractivity contribution in [3.63, 3.8) is 0 Å². The van der Waals surface area contributed by atoms with Crippen molar-refractivity contribution in [2.24, 2.45) is 0 Å². The maximum Gasteiger partial charge on any atom is 0.255 e. The molecule has 0 aliphatic rings. The molecule has 0 bridgehead atoms. The Morgan fingerprint density at radius 3 is 2.53 bits per heavy atom. The number of aromatic nitrogens is 3. The van der Waals surface area contributed by atoms with Crippen LogP contribution in [0.2, 0.25) is 0 Å². The normalized spacial score (nSPS) is 12.6. The average Bonchev–Trinajstić information content (AvgIpc) is 3.32. The van der Waals surface area contributed by atoms with Crippen LogP contribution in [-0.4, -0.2) is 32.1 Å². The van der Waals surface area contributed by atoms with Gasteiger partial charge in [0, 0.05) is 17.2 Å². The number of nitrogens with zero attached hydrogens (tertiary/aromatic N) is 3. The lowest BCUT2D eigenvalue weighted by molar-refractivity contribution is 0.163. The number of thiazole rings is 1. The van der Waals surface area contributed by atoms with Gasteiger partial charge in [0.25, 0.3) is 6.43 Å². The van der Waals surface area contributed by atoms with Crippen LogP contribution in [-0.2, 0) is 16.4 Å². The number of hydrogen-bond acceptors (Lipinski definition) is 6. The van der Waals surface area contributed by atoms with Gasteiger partial charge >= 0.3 is 0 Å². The van der Waals surface area contributed by atoms with Gasteiger partial charge in [-0.1, -0.05) is 26.8 Å². The average molecular weight is 568 g/mol. The van der Waals surface area contributed by atoms with E-state index in [1.807, 2.05) is 20.8 Å². The summed E-state index contributed by atoms with van der Waals surface area (Å²) >= 11 is 1.26. The third-order valence-corrected chi connectivity index (χ3v) is 7.74. The molecule has 2 aromatic carbocycles. The first-order valence-corrected chi connectivity index (χ1v) is 13.2. The largest absolute Gasteiger partial charge is 0.348 e. The standard InChI is InChI=1S/C25H22F5N5OS2/c1-25(2,3)23-34-21(22(37-23)17-9-10-31-24(33-17)32-12-19(28)29)14-5-4-6-16(20(14)30)35-38(36)18-11-13(26)7-8-15(18)27/h4-11,19,35H,12H2,1-3H3,(H,31,32,33).